The smallest absolute Gasteiger partial charge is 0.245 e. The first kappa shape index (κ1) is 9.79. The van der Waals surface area contributed by atoms with Gasteiger partial charge in [0.2, 0.25) is 11.2 Å². The standard InChI is InChI=1S/C10H8N2O2S/c1-12(6-13)10-11-8-5-3-2-4-7(8)9(14)15-10/h2-6H,1H3. The molecule has 1 amide bonds. The first-order chi connectivity index (χ1) is 7.22. The fourth-order valence-corrected chi connectivity index (χ4v) is 1.98. The summed E-state index contributed by atoms with van der Waals surface area (Å²) in [6.45, 7) is 0. The Morgan fingerprint density at radius 3 is 2.87 bits per heavy atom. The van der Waals surface area contributed by atoms with Crippen molar-refractivity contribution in [2.75, 3.05) is 11.9 Å². The molecule has 0 fully saturated rings. The maximum atomic E-state index is 11.7. The van der Waals surface area contributed by atoms with Crippen molar-refractivity contribution in [2.45, 2.75) is 0 Å². The van der Waals surface area contributed by atoms with Crippen LogP contribution < -0.4 is 9.64 Å². The van der Waals surface area contributed by atoms with Crippen molar-refractivity contribution in [3.8, 4) is 0 Å². The molecule has 5 heteroatoms. The van der Waals surface area contributed by atoms with Crippen molar-refractivity contribution < 1.29 is 4.79 Å². The number of benzene rings is 1. The summed E-state index contributed by atoms with van der Waals surface area (Å²) in [5.41, 5.74) is 0.616. The average Bonchev–Trinajstić information content (AvgIpc) is 2.28. The molecule has 0 aliphatic carbocycles. The number of carbonyl (C=O) groups is 1. The van der Waals surface area contributed by atoms with Gasteiger partial charge in [-0.3, -0.25) is 14.5 Å². The Morgan fingerprint density at radius 2 is 2.13 bits per heavy atom. The van der Waals surface area contributed by atoms with Crippen LogP contribution in [0.3, 0.4) is 0 Å². The van der Waals surface area contributed by atoms with E-state index in [4.69, 9.17) is 0 Å². The number of amides is 1. The largest absolute Gasteiger partial charge is 0.294 e. The van der Waals surface area contributed by atoms with Gasteiger partial charge in [0.25, 0.3) is 0 Å². The number of nitrogens with zero attached hydrogens (tertiary/aromatic N) is 2. The second-order valence-electron chi connectivity index (χ2n) is 3.02. The quantitative estimate of drug-likeness (QED) is 0.716. The van der Waals surface area contributed by atoms with Crippen LogP contribution in [0.2, 0.25) is 0 Å². The monoisotopic (exact) mass is 220 g/mol. The van der Waals surface area contributed by atoms with Crippen LogP contribution in [0.1, 0.15) is 0 Å². The van der Waals surface area contributed by atoms with E-state index in [0.29, 0.717) is 22.4 Å². The van der Waals surface area contributed by atoms with E-state index in [2.05, 4.69) is 4.98 Å². The Labute approximate surface area is 89.8 Å². The van der Waals surface area contributed by atoms with Gasteiger partial charge in [0.15, 0.2) is 5.13 Å². The van der Waals surface area contributed by atoms with Crippen molar-refractivity contribution in [1.82, 2.24) is 4.98 Å². The topological polar surface area (TPSA) is 50.3 Å². The molecular weight excluding hydrogens is 212 g/mol. The fraction of sp³-hybridized carbons (Fsp3) is 0.100. The van der Waals surface area contributed by atoms with Gasteiger partial charge in [-0.25, -0.2) is 4.98 Å². The molecule has 15 heavy (non-hydrogen) atoms. The molecule has 0 aliphatic rings. The zero-order valence-electron chi connectivity index (χ0n) is 8.01. The SMILES string of the molecule is CN(C=O)c1nc2ccccc2c(=O)s1. The number of rotatable bonds is 2. The van der Waals surface area contributed by atoms with Crippen molar-refractivity contribution >= 4 is 33.8 Å². The summed E-state index contributed by atoms with van der Waals surface area (Å²) in [5, 5.41) is 0.999. The fourth-order valence-electron chi connectivity index (χ4n) is 1.20. The molecule has 0 spiro atoms. The molecule has 76 valence electrons. The van der Waals surface area contributed by atoms with Gasteiger partial charge in [-0.05, 0) is 12.1 Å². The highest BCUT2D eigenvalue weighted by Gasteiger charge is 2.06. The molecule has 1 aromatic heterocycles. The molecule has 2 rings (SSSR count). The lowest BCUT2D eigenvalue weighted by Gasteiger charge is -2.07. The predicted molar refractivity (Wildman–Crippen MR) is 60.4 cm³/mol. The summed E-state index contributed by atoms with van der Waals surface area (Å²) < 4.78 is -0.0794. The zero-order chi connectivity index (χ0) is 10.8. The maximum Gasteiger partial charge on any atom is 0.245 e. The Hall–Kier alpha value is -1.75. The normalized spacial score (nSPS) is 10.2. The lowest BCUT2D eigenvalue weighted by atomic mass is 10.3. The van der Waals surface area contributed by atoms with Gasteiger partial charge >= 0.3 is 0 Å². The number of anilines is 1. The Morgan fingerprint density at radius 1 is 1.40 bits per heavy atom. The number of fused-ring (bicyclic) bond motifs is 1. The second-order valence-corrected chi connectivity index (χ2v) is 3.96. The van der Waals surface area contributed by atoms with Crippen LogP contribution in [-0.2, 0) is 4.79 Å². The van der Waals surface area contributed by atoms with Crippen LogP contribution in [0.5, 0.6) is 0 Å². The molecule has 0 saturated carbocycles. The molecule has 0 N–H and O–H groups in total. The third-order valence-corrected chi connectivity index (χ3v) is 2.95. The van der Waals surface area contributed by atoms with E-state index in [0.717, 1.165) is 11.3 Å². The first-order valence-corrected chi connectivity index (χ1v) is 5.12. The van der Waals surface area contributed by atoms with E-state index in [1.165, 1.54) is 4.90 Å². The summed E-state index contributed by atoms with van der Waals surface area (Å²) in [6, 6.07) is 7.09. The van der Waals surface area contributed by atoms with Gasteiger partial charge in [0.05, 0.1) is 10.9 Å². The summed E-state index contributed by atoms with van der Waals surface area (Å²) in [5.74, 6) is 0. The minimum atomic E-state index is -0.0794. The van der Waals surface area contributed by atoms with Gasteiger partial charge in [0.1, 0.15) is 0 Å². The van der Waals surface area contributed by atoms with E-state index >= 15 is 0 Å². The second kappa shape index (κ2) is 3.78. The molecule has 4 nitrogen and oxygen atoms in total. The zero-order valence-corrected chi connectivity index (χ0v) is 8.82. The van der Waals surface area contributed by atoms with Crippen LogP contribution in [0.15, 0.2) is 29.1 Å². The van der Waals surface area contributed by atoms with Gasteiger partial charge < -0.3 is 0 Å². The van der Waals surface area contributed by atoms with E-state index in [1.54, 1.807) is 25.2 Å². The lowest BCUT2D eigenvalue weighted by molar-refractivity contribution is -0.107. The molecule has 2 aromatic rings. The minimum Gasteiger partial charge on any atom is -0.294 e. The molecule has 0 atom stereocenters. The molecule has 0 aliphatic heterocycles. The predicted octanol–water partition coefficient (Wildman–Crippen LogP) is 1.25. The van der Waals surface area contributed by atoms with Crippen molar-refractivity contribution in [2.24, 2.45) is 0 Å². The van der Waals surface area contributed by atoms with Gasteiger partial charge in [-0.15, -0.1) is 0 Å². The molecule has 1 heterocycles. The minimum absolute atomic E-state index is 0.0794. The Balaban J connectivity index is 2.73. The molecule has 0 unspecified atom stereocenters. The summed E-state index contributed by atoms with van der Waals surface area (Å²) in [6.07, 6.45) is 0.632. The van der Waals surface area contributed by atoms with E-state index in [1.807, 2.05) is 6.07 Å². The molecular formula is C10H8N2O2S. The van der Waals surface area contributed by atoms with Crippen LogP contribution in [0, 0.1) is 0 Å². The number of aromatic nitrogens is 1. The van der Waals surface area contributed by atoms with Gasteiger partial charge in [-0.2, -0.15) is 0 Å². The third-order valence-electron chi connectivity index (χ3n) is 1.98. The number of hydrogen-bond donors (Lipinski definition) is 0. The highest BCUT2D eigenvalue weighted by atomic mass is 32.1. The molecule has 0 bridgehead atoms. The van der Waals surface area contributed by atoms with Crippen molar-refractivity contribution in [3.63, 3.8) is 0 Å². The summed E-state index contributed by atoms with van der Waals surface area (Å²) in [4.78, 5) is 27.7. The number of carbonyl (C=O) groups excluding carboxylic acids is 1. The molecule has 0 saturated heterocycles. The molecule has 1 aromatic carbocycles. The van der Waals surface area contributed by atoms with E-state index in [9.17, 15) is 9.59 Å². The highest BCUT2D eigenvalue weighted by molar-refractivity contribution is 7.13. The van der Waals surface area contributed by atoms with Gasteiger partial charge in [0, 0.05) is 7.05 Å². The van der Waals surface area contributed by atoms with E-state index in [-0.39, 0.29) is 4.74 Å². The van der Waals surface area contributed by atoms with Crippen LogP contribution in [-0.4, -0.2) is 18.4 Å². The first-order valence-electron chi connectivity index (χ1n) is 4.30. The van der Waals surface area contributed by atoms with Gasteiger partial charge in [-0.1, -0.05) is 23.5 Å². The third kappa shape index (κ3) is 1.73. The average molecular weight is 220 g/mol. The van der Waals surface area contributed by atoms with Crippen LogP contribution in [0.25, 0.3) is 10.9 Å². The summed E-state index contributed by atoms with van der Waals surface area (Å²) >= 11 is 0.967. The highest BCUT2D eigenvalue weighted by Crippen LogP contribution is 2.16. The maximum absolute atomic E-state index is 11.7. The van der Waals surface area contributed by atoms with Crippen LogP contribution in [0.4, 0.5) is 5.13 Å². The lowest BCUT2D eigenvalue weighted by Crippen LogP contribution is -2.16. The van der Waals surface area contributed by atoms with Crippen LogP contribution >= 0.6 is 11.3 Å². The number of hydrogen-bond acceptors (Lipinski definition) is 4. The van der Waals surface area contributed by atoms with Crippen molar-refractivity contribution in [3.05, 3.63) is 33.8 Å². The Bertz CT molecular complexity index is 565. The number of para-hydroxylation sites is 1. The van der Waals surface area contributed by atoms with E-state index < -0.39 is 0 Å². The van der Waals surface area contributed by atoms with Crippen molar-refractivity contribution in [1.29, 1.82) is 0 Å². The Kier molecular flexibility index (Phi) is 2.47. The summed E-state index contributed by atoms with van der Waals surface area (Å²) in [7, 11) is 1.57. The molecule has 0 radical (unpaired) electrons.